The first kappa shape index (κ1) is 20.2. The Morgan fingerprint density at radius 3 is 2.52 bits per heavy atom. The molecule has 1 N–H and O–H groups in total. The van der Waals surface area contributed by atoms with Gasteiger partial charge in [-0.3, -0.25) is 4.79 Å². The van der Waals surface area contributed by atoms with Crippen molar-refractivity contribution in [2.24, 2.45) is 5.92 Å². The first-order chi connectivity index (χ1) is 13.0. The Bertz CT molecular complexity index is 623. The number of ether oxygens (including phenoxy) is 2. The van der Waals surface area contributed by atoms with Crippen LogP contribution in [0.3, 0.4) is 0 Å². The summed E-state index contributed by atoms with van der Waals surface area (Å²) < 4.78 is 12.2. The van der Waals surface area contributed by atoms with Gasteiger partial charge in [0.1, 0.15) is 11.4 Å². The maximum atomic E-state index is 13.1. The first-order valence-corrected chi connectivity index (χ1v) is 10.7. The molecule has 0 radical (unpaired) electrons. The van der Waals surface area contributed by atoms with E-state index < -0.39 is 5.60 Å². The molecule has 150 valence electrons. The summed E-state index contributed by atoms with van der Waals surface area (Å²) in [5.41, 5.74) is 1.23. The summed E-state index contributed by atoms with van der Waals surface area (Å²) in [6.07, 6.45) is 9.79. The van der Waals surface area contributed by atoms with Crippen molar-refractivity contribution in [2.75, 3.05) is 11.9 Å². The van der Waals surface area contributed by atoms with Crippen LogP contribution in [0.25, 0.3) is 0 Å². The number of aryl methyl sites for hydroxylation is 1. The van der Waals surface area contributed by atoms with Crippen LogP contribution in [-0.2, 0) is 9.53 Å². The second-order valence-electron chi connectivity index (χ2n) is 8.48. The zero-order valence-corrected chi connectivity index (χ0v) is 17.2. The minimum atomic E-state index is -0.671. The van der Waals surface area contributed by atoms with Crippen LogP contribution in [0, 0.1) is 12.8 Å². The van der Waals surface area contributed by atoms with Crippen molar-refractivity contribution in [2.45, 2.75) is 90.3 Å². The van der Waals surface area contributed by atoms with Gasteiger partial charge in [-0.05, 0) is 94.4 Å². The standard InChI is InChI=1S/C23H35NO3/c1-4-15-26-23(13-11-17(2)12-14-23)22(25)24-19-9-10-21(18(3)16-19)27-20-7-5-6-8-20/h9-10,16-17,20H,4-8,11-15H2,1-3H3,(H,24,25). The molecule has 1 amide bonds. The summed E-state index contributed by atoms with van der Waals surface area (Å²) in [4.78, 5) is 13.1. The fraction of sp³-hybridized carbons (Fsp3) is 0.696. The van der Waals surface area contributed by atoms with Gasteiger partial charge in [0.15, 0.2) is 0 Å². The van der Waals surface area contributed by atoms with Crippen LogP contribution >= 0.6 is 0 Å². The zero-order chi connectivity index (χ0) is 19.3. The molecule has 0 atom stereocenters. The van der Waals surface area contributed by atoms with Gasteiger partial charge in [-0.2, -0.15) is 0 Å². The van der Waals surface area contributed by atoms with Crippen molar-refractivity contribution in [1.29, 1.82) is 0 Å². The summed E-state index contributed by atoms with van der Waals surface area (Å²) >= 11 is 0. The highest BCUT2D eigenvalue weighted by Crippen LogP contribution is 2.36. The predicted molar refractivity (Wildman–Crippen MR) is 109 cm³/mol. The van der Waals surface area contributed by atoms with Crippen molar-refractivity contribution in [3.63, 3.8) is 0 Å². The summed E-state index contributed by atoms with van der Waals surface area (Å²) in [6, 6.07) is 5.96. The first-order valence-electron chi connectivity index (χ1n) is 10.7. The predicted octanol–water partition coefficient (Wildman–Crippen LogP) is 5.63. The van der Waals surface area contributed by atoms with Crippen LogP contribution < -0.4 is 10.1 Å². The average molecular weight is 374 g/mol. The molecule has 2 fully saturated rings. The molecule has 2 saturated carbocycles. The lowest BCUT2D eigenvalue weighted by Gasteiger charge is -2.38. The Balaban J connectivity index is 1.66. The number of carbonyl (C=O) groups excluding carboxylic acids is 1. The van der Waals surface area contributed by atoms with E-state index >= 15 is 0 Å². The molecule has 1 aromatic rings. The smallest absolute Gasteiger partial charge is 0.256 e. The third-order valence-electron chi connectivity index (χ3n) is 6.11. The molecule has 3 rings (SSSR count). The molecule has 2 aliphatic carbocycles. The summed E-state index contributed by atoms with van der Waals surface area (Å²) in [5, 5.41) is 3.12. The largest absolute Gasteiger partial charge is 0.490 e. The molecular weight excluding hydrogens is 338 g/mol. The monoisotopic (exact) mass is 373 g/mol. The quantitative estimate of drug-likeness (QED) is 0.674. The fourth-order valence-corrected chi connectivity index (χ4v) is 4.25. The summed E-state index contributed by atoms with van der Waals surface area (Å²) in [7, 11) is 0. The van der Waals surface area contributed by atoms with E-state index in [0.717, 1.165) is 61.9 Å². The van der Waals surface area contributed by atoms with Crippen molar-refractivity contribution in [3.8, 4) is 5.75 Å². The topological polar surface area (TPSA) is 47.6 Å². The SMILES string of the molecule is CCCOC1(C(=O)Nc2ccc(OC3CCCC3)c(C)c2)CCC(C)CC1. The Labute approximate surface area is 164 Å². The van der Waals surface area contributed by atoms with Crippen LogP contribution in [-0.4, -0.2) is 24.2 Å². The van der Waals surface area contributed by atoms with Gasteiger partial charge in [-0.15, -0.1) is 0 Å². The third kappa shape index (κ3) is 5.04. The Kier molecular flexibility index (Phi) is 6.80. The third-order valence-corrected chi connectivity index (χ3v) is 6.11. The van der Waals surface area contributed by atoms with Crippen LogP contribution in [0.5, 0.6) is 5.75 Å². The van der Waals surface area contributed by atoms with Crippen molar-refractivity contribution < 1.29 is 14.3 Å². The molecule has 0 unspecified atom stereocenters. The minimum Gasteiger partial charge on any atom is -0.490 e. The minimum absolute atomic E-state index is 0.00621. The highest BCUT2D eigenvalue weighted by atomic mass is 16.5. The van der Waals surface area contributed by atoms with Crippen LogP contribution in [0.2, 0.25) is 0 Å². The molecule has 0 heterocycles. The van der Waals surface area contributed by atoms with E-state index in [4.69, 9.17) is 9.47 Å². The van der Waals surface area contributed by atoms with E-state index in [1.807, 2.05) is 25.1 Å². The van der Waals surface area contributed by atoms with E-state index in [-0.39, 0.29) is 5.91 Å². The normalized spacial score (nSPS) is 26.1. The van der Waals surface area contributed by atoms with Gasteiger partial charge in [0.05, 0.1) is 6.10 Å². The van der Waals surface area contributed by atoms with Gasteiger partial charge in [-0.25, -0.2) is 0 Å². The number of carbonyl (C=O) groups is 1. The number of amides is 1. The Morgan fingerprint density at radius 1 is 1.19 bits per heavy atom. The number of benzene rings is 1. The second-order valence-corrected chi connectivity index (χ2v) is 8.48. The molecule has 0 spiro atoms. The van der Waals surface area contributed by atoms with E-state index in [2.05, 4.69) is 19.2 Å². The second kappa shape index (κ2) is 9.09. The molecule has 27 heavy (non-hydrogen) atoms. The van der Waals surface area contributed by atoms with Crippen LogP contribution in [0.1, 0.15) is 77.2 Å². The molecule has 2 aliphatic rings. The molecule has 0 saturated heterocycles. The van der Waals surface area contributed by atoms with Crippen molar-refractivity contribution in [3.05, 3.63) is 23.8 Å². The van der Waals surface area contributed by atoms with E-state index in [1.54, 1.807) is 0 Å². The highest BCUT2D eigenvalue weighted by molar-refractivity contribution is 5.97. The van der Waals surface area contributed by atoms with E-state index in [1.165, 1.54) is 12.8 Å². The molecule has 0 aliphatic heterocycles. The zero-order valence-electron chi connectivity index (χ0n) is 17.2. The van der Waals surface area contributed by atoms with Crippen molar-refractivity contribution in [1.82, 2.24) is 0 Å². The molecule has 4 heteroatoms. The van der Waals surface area contributed by atoms with Crippen LogP contribution in [0.15, 0.2) is 18.2 Å². The maximum absolute atomic E-state index is 13.1. The summed E-state index contributed by atoms with van der Waals surface area (Å²) in [6.45, 7) is 7.03. The fourth-order valence-electron chi connectivity index (χ4n) is 4.25. The molecular formula is C23H35NO3. The van der Waals surface area contributed by atoms with Gasteiger partial charge in [0, 0.05) is 12.3 Å². The van der Waals surface area contributed by atoms with Gasteiger partial charge in [-0.1, -0.05) is 13.8 Å². The number of anilines is 1. The molecule has 0 aromatic heterocycles. The number of nitrogens with one attached hydrogen (secondary N) is 1. The lowest BCUT2D eigenvalue weighted by Crippen LogP contribution is -2.48. The Hall–Kier alpha value is -1.55. The molecule has 0 bridgehead atoms. The molecule has 4 nitrogen and oxygen atoms in total. The average Bonchev–Trinajstić information content (AvgIpc) is 3.17. The lowest BCUT2D eigenvalue weighted by atomic mass is 9.78. The van der Waals surface area contributed by atoms with Gasteiger partial charge >= 0.3 is 0 Å². The Morgan fingerprint density at radius 2 is 1.89 bits per heavy atom. The number of hydrogen-bond acceptors (Lipinski definition) is 3. The highest BCUT2D eigenvalue weighted by Gasteiger charge is 2.42. The molecule has 1 aromatic carbocycles. The summed E-state index contributed by atoms with van der Waals surface area (Å²) in [5.74, 6) is 1.61. The van der Waals surface area contributed by atoms with Crippen molar-refractivity contribution >= 4 is 11.6 Å². The van der Waals surface area contributed by atoms with E-state index in [9.17, 15) is 4.79 Å². The van der Waals surface area contributed by atoms with Gasteiger partial charge in [0.2, 0.25) is 0 Å². The lowest BCUT2D eigenvalue weighted by molar-refractivity contribution is -0.147. The van der Waals surface area contributed by atoms with E-state index in [0.29, 0.717) is 18.6 Å². The maximum Gasteiger partial charge on any atom is 0.256 e. The van der Waals surface area contributed by atoms with Crippen LogP contribution in [0.4, 0.5) is 5.69 Å². The van der Waals surface area contributed by atoms with Gasteiger partial charge < -0.3 is 14.8 Å². The number of rotatable bonds is 7. The van der Waals surface area contributed by atoms with Gasteiger partial charge in [0.25, 0.3) is 5.91 Å². The number of hydrogen-bond donors (Lipinski definition) is 1.